The van der Waals surface area contributed by atoms with Gasteiger partial charge in [0.15, 0.2) is 0 Å². The molecule has 1 fully saturated rings. The van der Waals surface area contributed by atoms with E-state index in [0.717, 1.165) is 0 Å². The summed E-state index contributed by atoms with van der Waals surface area (Å²) in [5, 5.41) is 17.9. The van der Waals surface area contributed by atoms with Crippen LogP contribution in [0.3, 0.4) is 0 Å². The summed E-state index contributed by atoms with van der Waals surface area (Å²) in [6.45, 7) is -0.684. The molecule has 110 valence electrons. The van der Waals surface area contributed by atoms with Gasteiger partial charge in [-0.2, -0.15) is 0 Å². The van der Waals surface area contributed by atoms with Crippen molar-refractivity contribution in [3.63, 3.8) is 0 Å². The van der Waals surface area contributed by atoms with Gasteiger partial charge in [0.25, 0.3) is 11.1 Å². The van der Waals surface area contributed by atoms with E-state index in [9.17, 15) is 19.5 Å². The third-order valence-corrected chi connectivity index (χ3v) is 4.48. The fraction of sp³-hybridized carbons (Fsp3) is 0.0833. The van der Waals surface area contributed by atoms with Crippen molar-refractivity contribution < 1.29 is 24.6 Å². The number of halogens is 2. The molecule has 1 aliphatic rings. The number of phenolic OH excluding ortho intramolecular Hbond substituents is 1. The standard InChI is InChI=1S/C12H7Br2NO5S/c13-6-1-5(10(18)7(14)3-6)2-8-11(19)15(4-9(16)17)12(20)21-8/h1-3,18H,4H2,(H,16,17)/b8-2+. The van der Waals surface area contributed by atoms with Gasteiger partial charge in [0.1, 0.15) is 12.3 Å². The number of nitrogens with zero attached hydrogens (tertiary/aromatic N) is 1. The Hall–Kier alpha value is -1.32. The van der Waals surface area contributed by atoms with Crippen molar-refractivity contribution in [2.24, 2.45) is 0 Å². The molecule has 2 N–H and O–H groups in total. The summed E-state index contributed by atoms with van der Waals surface area (Å²) in [5.74, 6) is -2.04. The molecular formula is C12H7Br2NO5S. The van der Waals surface area contributed by atoms with Crippen molar-refractivity contribution in [1.29, 1.82) is 0 Å². The third kappa shape index (κ3) is 3.47. The number of carbonyl (C=O) groups is 3. The van der Waals surface area contributed by atoms with Gasteiger partial charge in [0.05, 0.1) is 9.38 Å². The molecule has 9 heteroatoms. The fourth-order valence-corrected chi connectivity index (χ4v) is 3.70. The maximum absolute atomic E-state index is 12.0. The summed E-state index contributed by atoms with van der Waals surface area (Å²) in [4.78, 5) is 34.9. The topological polar surface area (TPSA) is 94.9 Å². The lowest BCUT2D eigenvalue weighted by Gasteiger charge is -2.08. The lowest BCUT2D eigenvalue weighted by Crippen LogP contribution is -2.33. The summed E-state index contributed by atoms with van der Waals surface area (Å²) in [7, 11) is 0. The molecule has 1 aliphatic heterocycles. The first-order chi connectivity index (χ1) is 9.79. The first-order valence-electron chi connectivity index (χ1n) is 5.44. The van der Waals surface area contributed by atoms with Crippen LogP contribution in [0.5, 0.6) is 5.75 Å². The number of amides is 2. The van der Waals surface area contributed by atoms with Gasteiger partial charge in [-0.25, -0.2) is 0 Å². The maximum Gasteiger partial charge on any atom is 0.323 e. The summed E-state index contributed by atoms with van der Waals surface area (Å²) in [6, 6.07) is 3.20. The maximum atomic E-state index is 12.0. The molecule has 2 rings (SSSR count). The molecule has 1 aromatic carbocycles. The molecule has 0 saturated carbocycles. The van der Waals surface area contributed by atoms with E-state index in [1.807, 2.05) is 0 Å². The molecule has 6 nitrogen and oxygen atoms in total. The van der Waals surface area contributed by atoms with Gasteiger partial charge < -0.3 is 10.2 Å². The monoisotopic (exact) mass is 435 g/mol. The van der Waals surface area contributed by atoms with Crippen LogP contribution in [0.15, 0.2) is 26.0 Å². The number of carboxylic acids is 1. The van der Waals surface area contributed by atoms with Gasteiger partial charge in [-0.05, 0) is 45.9 Å². The molecule has 0 spiro atoms. The van der Waals surface area contributed by atoms with Crippen LogP contribution < -0.4 is 0 Å². The number of hydrogen-bond acceptors (Lipinski definition) is 5. The second-order valence-corrected chi connectivity index (χ2v) is 6.75. The number of benzene rings is 1. The molecule has 21 heavy (non-hydrogen) atoms. The molecule has 1 heterocycles. The SMILES string of the molecule is O=C(O)CN1C(=O)S/C(=C/c2cc(Br)cc(Br)c2O)C1=O. The Morgan fingerprint density at radius 2 is 2.00 bits per heavy atom. The number of rotatable bonds is 3. The lowest BCUT2D eigenvalue weighted by atomic mass is 10.2. The highest BCUT2D eigenvalue weighted by atomic mass is 79.9. The third-order valence-electron chi connectivity index (χ3n) is 2.51. The molecular weight excluding hydrogens is 430 g/mol. The highest BCUT2D eigenvalue weighted by Gasteiger charge is 2.36. The van der Waals surface area contributed by atoms with E-state index in [0.29, 0.717) is 31.2 Å². The number of carbonyl (C=O) groups excluding carboxylic acids is 2. The summed E-state index contributed by atoms with van der Waals surface area (Å²) in [6.07, 6.45) is 1.34. The van der Waals surface area contributed by atoms with Crippen molar-refractivity contribution in [2.75, 3.05) is 6.54 Å². The molecule has 0 atom stereocenters. The van der Waals surface area contributed by atoms with Gasteiger partial charge >= 0.3 is 5.97 Å². The zero-order valence-electron chi connectivity index (χ0n) is 10.2. The van der Waals surface area contributed by atoms with Crippen molar-refractivity contribution in [2.45, 2.75) is 0 Å². The molecule has 2 amide bonds. The Morgan fingerprint density at radius 3 is 2.62 bits per heavy atom. The Labute approximate surface area is 140 Å². The highest BCUT2D eigenvalue weighted by molar-refractivity contribution is 9.11. The molecule has 0 unspecified atom stereocenters. The van der Waals surface area contributed by atoms with E-state index >= 15 is 0 Å². The number of thioether (sulfide) groups is 1. The zero-order valence-corrected chi connectivity index (χ0v) is 14.2. The minimum absolute atomic E-state index is 0.0570. The smallest absolute Gasteiger partial charge is 0.323 e. The Balaban J connectivity index is 2.37. The van der Waals surface area contributed by atoms with Crippen LogP contribution >= 0.6 is 43.6 Å². The molecule has 0 bridgehead atoms. The zero-order chi connectivity index (χ0) is 15.7. The lowest BCUT2D eigenvalue weighted by molar-refractivity contribution is -0.140. The van der Waals surface area contributed by atoms with Crippen molar-refractivity contribution in [3.8, 4) is 5.75 Å². The molecule has 0 aromatic heterocycles. The van der Waals surface area contributed by atoms with Crippen LogP contribution in [0, 0.1) is 0 Å². The van der Waals surface area contributed by atoms with Gasteiger partial charge in [-0.3, -0.25) is 19.3 Å². The molecule has 0 radical (unpaired) electrons. The molecule has 1 saturated heterocycles. The van der Waals surface area contributed by atoms with E-state index < -0.39 is 23.7 Å². The van der Waals surface area contributed by atoms with E-state index in [4.69, 9.17) is 5.11 Å². The highest BCUT2D eigenvalue weighted by Crippen LogP contribution is 2.37. The number of aromatic hydroxyl groups is 1. The predicted molar refractivity (Wildman–Crippen MR) is 83.8 cm³/mol. The van der Waals surface area contributed by atoms with Crippen molar-refractivity contribution in [3.05, 3.63) is 31.5 Å². The summed E-state index contributed by atoms with van der Waals surface area (Å²) >= 11 is 7.05. The Kier molecular flexibility index (Phi) is 4.74. The first kappa shape index (κ1) is 16.1. The largest absolute Gasteiger partial charge is 0.506 e. The van der Waals surface area contributed by atoms with Crippen LogP contribution in [-0.2, 0) is 9.59 Å². The van der Waals surface area contributed by atoms with E-state index in [1.54, 1.807) is 12.1 Å². The fourth-order valence-electron chi connectivity index (χ4n) is 1.61. The molecule has 0 aliphatic carbocycles. The average molecular weight is 437 g/mol. The second-order valence-electron chi connectivity index (χ2n) is 3.99. The second kappa shape index (κ2) is 6.20. The number of phenols is 1. The van der Waals surface area contributed by atoms with E-state index in [2.05, 4.69) is 31.9 Å². The number of hydrogen-bond donors (Lipinski definition) is 2. The quantitative estimate of drug-likeness (QED) is 0.707. The summed E-state index contributed by atoms with van der Waals surface area (Å²) < 4.78 is 1.09. The average Bonchev–Trinajstić information content (AvgIpc) is 2.63. The molecule has 1 aromatic rings. The minimum atomic E-state index is -1.27. The van der Waals surface area contributed by atoms with Crippen LogP contribution in [0.4, 0.5) is 4.79 Å². The Bertz CT molecular complexity index is 688. The first-order valence-corrected chi connectivity index (χ1v) is 7.85. The Morgan fingerprint density at radius 1 is 1.33 bits per heavy atom. The number of carboxylic acid groups (broad SMARTS) is 1. The summed E-state index contributed by atoms with van der Waals surface area (Å²) in [5.41, 5.74) is 0.331. The van der Waals surface area contributed by atoms with Gasteiger partial charge in [-0.15, -0.1) is 0 Å². The van der Waals surface area contributed by atoms with Crippen molar-refractivity contribution in [1.82, 2.24) is 4.90 Å². The van der Waals surface area contributed by atoms with Gasteiger partial charge in [0.2, 0.25) is 0 Å². The number of aliphatic carboxylic acids is 1. The van der Waals surface area contributed by atoms with E-state index in [-0.39, 0.29) is 10.7 Å². The predicted octanol–water partition coefficient (Wildman–Crippen LogP) is 3.04. The van der Waals surface area contributed by atoms with Crippen LogP contribution in [0.25, 0.3) is 6.08 Å². The minimum Gasteiger partial charge on any atom is -0.506 e. The van der Waals surface area contributed by atoms with E-state index in [1.165, 1.54) is 6.08 Å². The van der Waals surface area contributed by atoms with Crippen LogP contribution in [0.2, 0.25) is 0 Å². The van der Waals surface area contributed by atoms with Crippen LogP contribution in [-0.4, -0.2) is 38.8 Å². The normalized spacial score (nSPS) is 16.9. The number of imide groups is 1. The van der Waals surface area contributed by atoms with Crippen molar-refractivity contribution >= 4 is 66.8 Å². The van der Waals surface area contributed by atoms with Crippen LogP contribution in [0.1, 0.15) is 5.56 Å². The van der Waals surface area contributed by atoms with Gasteiger partial charge in [0, 0.05) is 10.0 Å². The van der Waals surface area contributed by atoms with Gasteiger partial charge in [-0.1, -0.05) is 15.9 Å².